The monoisotopic (exact) mass is 654 g/mol. The maximum Gasteiger partial charge on any atom is 0.344 e. The third-order valence-electron chi connectivity index (χ3n) is 12.8. The fourth-order valence-corrected chi connectivity index (χ4v) is 11.9. The summed E-state index contributed by atoms with van der Waals surface area (Å²) in [6.07, 6.45) is 17.0. The normalized spacial score (nSPS) is 40.1. The first kappa shape index (κ1) is 35.7. The maximum absolute atomic E-state index is 12.4. The van der Waals surface area contributed by atoms with Crippen molar-refractivity contribution in [3.8, 4) is 0 Å². The van der Waals surface area contributed by atoms with Crippen molar-refractivity contribution in [3.05, 3.63) is 24.8 Å². The summed E-state index contributed by atoms with van der Waals surface area (Å²) in [6, 6.07) is 0. The molecule has 0 aromatic rings. The molecule has 8 bridgehead atoms. The summed E-state index contributed by atoms with van der Waals surface area (Å²) in [5.74, 6) is 1.55. The molecule has 0 aliphatic heterocycles. The molecule has 8 saturated carbocycles. The summed E-state index contributed by atoms with van der Waals surface area (Å²) in [7, 11) is 0. The van der Waals surface area contributed by atoms with E-state index in [0.717, 1.165) is 43.6 Å². The van der Waals surface area contributed by atoms with Crippen molar-refractivity contribution in [3.63, 3.8) is 0 Å². The van der Waals surface area contributed by atoms with E-state index >= 15 is 0 Å². The predicted octanol–water partition coefficient (Wildman–Crippen LogP) is 7.68. The summed E-state index contributed by atoms with van der Waals surface area (Å²) in [6.45, 7) is 16.9. The average molecular weight is 655 g/mol. The number of rotatable bonds is 12. The lowest BCUT2D eigenvalue weighted by Gasteiger charge is -2.64. The van der Waals surface area contributed by atoms with Gasteiger partial charge < -0.3 is 18.9 Å². The van der Waals surface area contributed by atoms with Gasteiger partial charge in [-0.15, -0.1) is 0 Å². The lowest BCUT2D eigenvalue weighted by atomic mass is 9.44. The zero-order valence-electron chi connectivity index (χ0n) is 29.5. The Hall–Kier alpha value is -2.64. The molecule has 8 fully saturated rings. The van der Waals surface area contributed by atoms with E-state index < -0.39 is 23.9 Å². The Morgan fingerprint density at radius 2 is 1.06 bits per heavy atom. The number of ether oxygens (including phenoxy) is 4. The summed E-state index contributed by atoms with van der Waals surface area (Å²) in [5, 5.41) is 0. The summed E-state index contributed by atoms with van der Waals surface area (Å²) < 4.78 is 22.0. The highest BCUT2D eigenvalue weighted by Crippen LogP contribution is 2.66. The van der Waals surface area contributed by atoms with Crippen LogP contribution in [0.25, 0.3) is 0 Å². The van der Waals surface area contributed by atoms with Crippen LogP contribution in [0, 0.1) is 46.3 Å². The van der Waals surface area contributed by atoms with Crippen LogP contribution in [0.3, 0.4) is 0 Å². The molecule has 0 aromatic heterocycles. The molecule has 0 amide bonds. The number of hydrogen-bond donors (Lipinski definition) is 0. The van der Waals surface area contributed by atoms with Gasteiger partial charge in [-0.1, -0.05) is 53.7 Å². The molecule has 0 N–H and O–H groups in total. The molecule has 262 valence electrons. The maximum atomic E-state index is 12.4. The molecule has 8 aliphatic rings. The predicted molar refractivity (Wildman–Crippen MR) is 178 cm³/mol. The Morgan fingerprint density at radius 3 is 1.38 bits per heavy atom. The van der Waals surface area contributed by atoms with Gasteiger partial charge in [-0.05, 0) is 130 Å². The lowest BCUT2D eigenvalue weighted by Crippen LogP contribution is -2.62. The van der Waals surface area contributed by atoms with E-state index in [1.165, 1.54) is 64.2 Å². The molecular formula is C39H58O8. The van der Waals surface area contributed by atoms with E-state index in [4.69, 9.17) is 18.9 Å². The minimum atomic E-state index is -0.580. The highest BCUT2D eigenvalue weighted by atomic mass is 16.6. The van der Waals surface area contributed by atoms with E-state index in [1.807, 2.05) is 0 Å². The van der Waals surface area contributed by atoms with Crippen molar-refractivity contribution in [1.29, 1.82) is 0 Å². The second kappa shape index (κ2) is 13.7. The van der Waals surface area contributed by atoms with Crippen molar-refractivity contribution < 1.29 is 38.1 Å². The standard InChI is InChI=1S/C20H30O4.C19H28O4/c1-5-6-20(24-17(21)12-23-18(22)13(2)3)15-7-14-8-16(20)11-19(4,9-14)10-15;1-4-6-19(23-17(21)12-22-16(20)5-2)14-7-13-8-15(19)11-18(3,9-13)10-14/h14-16H,2,5-12H2,1,3-4H3;5,13-15H,2,4,6-12H2,1,3H3. The van der Waals surface area contributed by atoms with Gasteiger partial charge >= 0.3 is 23.9 Å². The molecule has 8 nitrogen and oxygen atoms in total. The first-order chi connectivity index (χ1) is 22.2. The van der Waals surface area contributed by atoms with Crippen LogP contribution in [-0.4, -0.2) is 48.3 Å². The van der Waals surface area contributed by atoms with Gasteiger partial charge in [0.25, 0.3) is 0 Å². The van der Waals surface area contributed by atoms with Crippen molar-refractivity contribution in [1.82, 2.24) is 0 Å². The van der Waals surface area contributed by atoms with Crippen LogP contribution in [-0.2, 0) is 38.1 Å². The SMILES string of the molecule is C=C(C)C(=O)OCC(=O)OC1(CCC)C2CC3CC1CC(C)(C3)C2.C=CC(=O)OCC(=O)OC1(CCC)C2CC3CC1CC(C)(C3)C2. The van der Waals surface area contributed by atoms with Crippen molar-refractivity contribution in [2.75, 3.05) is 13.2 Å². The van der Waals surface area contributed by atoms with Crippen LogP contribution in [0.15, 0.2) is 24.8 Å². The third kappa shape index (κ3) is 7.22. The molecule has 0 aromatic carbocycles. The minimum Gasteiger partial charge on any atom is -0.456 e. The van der Waals surface area contributed by atoms with Crippen molar-refractivity contribution in [2.24, 2.45) is 46.3 Å². The molecule has 8 aliphatic carbocycles. The molecule has 8 rings (SSSR count). The zero-order valence-corrected chi connectivity index (χ0v) is 29.5. The van der Waals surface area contributed by atoms with E-state index in [1.54, 1.807) is 6.92 Å². The van der Waals surface area contributed by atoms with Gasteiger partial charge in [-0.2, -0.15) is 0 Å². The largest absolute Gasteiger partial charge is 0.456 e. The topological polar surface area (TPSA) is 105 Å². The molecule has 0 heterocycles. The Labute approximate surface area is 281 Å². The smallest absolute Gasteiger partial charge is 0.344 e. The molecule has 0 saturated heterocycles. The van der Waals surface area contributed by atoms with Crippen LogP contribution in [0.2, 0.25) is 0 Å². The Bertz CT molecular complexity index is 1220. The van der Waals surface area contributed by atoms with E-state index in [2.05, 4.69) is 40.9 Å². The van der Waals surface area contributed by atoms with Gasteiger partial charge in [0.15, 0.2) is 13.2 Å². The quantitative estimate of drug-likeness (QED) is 0.120. The minimum absolute atomic E-state index is 0.300. The van der Waals surface area contributed by atoms with Gasteiger partial charge in [0.05, 0.1) is 0 Å². The lowest BCUT2D eigenvalue weighted by molar-refractivity contribution is -0.228. The van der Waals surface area contributed by atoms with Crippen LogP contribution in [0.5, 0.6) is 0 Å². The summed E-state index contributed by atoms with van der Waals surface area (Å²) in [4.78, 5) is 47.3. The van der Waals surface area contributed by atoms with Crippen molar-refractivity contribution >= 4 is 23.9 Å². The van der Waals surface area contributed by atoms with E-state index in [0.29, 0.717) is 40.1 Å². The molecular weight excluding hydrogens is 596 g/mol. The Morgan fingerprint density at radius 1 is 0.681 bits per heavy atom. The Balaban J connectivity index is 0.000000185. The number of hydrogen-bond acceptors (Lipinski definition) is 8. The number of esters is 4. The highest BCUT2D eigenvalue weighted by molar-refractivity contribution is 5.88. The third-order valence-corrected chi connectivity index (χ3v) is 12.8. The molecule has 47 heavy (non-hydrogen) atoms. The number of carbonyl (C=O) groups excluding carboxylic acids is 4. The molecule has 8 heteroatoms. The van der Waals surface area contributed by atoms with Crippen LogP contribution in [0.4, 0.5) is 0 Å². The first-order valence-electron chi connectivity index (χ1n) is 18.2. The molecule has 4 unspecified atom stereocenters. The molecule has 0 radical (unpaired) electrons. The zero-order chi connectivity index (χ0) is 34.2. The second-order valence-corrected chi connectivity index (χ2v) is 16.8. The highest BCUT2D eigenvalue weighted by Gasteiger charge is 2.63. The van der Waals surface area contributed by atoms with Gasteiger partial charge in [-0.25, -0.2) is 19.2 Å². The summed E-state index contributed by atoms with van der Waals surface area (Å²) in [5.41, 5.74) is 0.511. The van der Waals surface area contributed by atoms with E-state index in [-0.39, 0.29) is 24.4 Å². The van der Waals surface area contributed by atoms with Gasteiger partial charge in [-0.3, -0.25) is 0 Å². The van der Waals surface area contributed by atoms with Crippen LogP contribution < -0.4 is 0 Å². The van der Waals surface area contributed by atoms with Gasteiger partial charge in [0, 0.05) is 11.6 Å². The fraction of sp³-hybridized carbons (Fsp3) is 0.795. The van der Waals surface area contributed by atoms with Crippen LogP contribution >= 0.6 is 0 Å². The summed E-state index contributed by atoms with van der Waals surface area (Å²) >= 11 is 0. The second-order valence-electron chi connectivity index (χ2n) is 16.8. The Kier molecular flexibility index (Phi) is 10.4. The van der Waals surface area contributed by atoms with Gasteiger partial charge in [0.1, 0.15) is 11.2 Å². The molecule has 4 atom stereocenters. The fourth-order valence-electron chi connectivity index (χ4n) is 11.9. The average Bonchev–Trinajstić information content (AvgIpc) is 2.98. The van der Waals surface area contributed by atoms with Crippen LogP contribution in [0.1, 0.15) is 125 Å². The molecule has 0 spiro atoms. The van der Waals surface area contributed by atoms with Crippen molar-refractivity contribution in [2.45, 2.75) is 136 Å². The first-order valence-corrected chi connectivity index (χ1v) is 18.2. The van der Waals surface area contributed by atoms with E-state index in [9.17, 15) is 19.2 Å². The van der Waals surface area contributed by atoms with Gasteiger partial charge in [0.2, 0.25) is 0 Å². The number of carbonyl (C=O) groups is 4.